The number of fused-ring (bicyclic) bond motifs is 1. The second-order valence-electron chi connectivity index (χ2n) is 8.97. The summed E-state index contributed by atoms with van der Waals surface area (Å²) in [6, 6.07) is 5.14. The van der Waals surface area contributed by atoms with Gasteiger partial charge in [-0.25, -0.2) is 0 Å². The number of amides is 2. The highest BCUT2D eigenvalue weighted by atomic mass is 16.3. The molecule has 4 rings (SSSR count). The molecule has 1 saturated heterocycles. The van der Waals surface area contributed by atoms with Crippen molar-refractivity contribution in [2.24, 2.45) is 11.8 Å². The highest BCUT2D eigenvalue weighted by molar-refractivity contribution is 6.06. The molecule has 1 aromatic heterocycles. The maximum Gasteiger partial charge on any atom is 0.261 e. The van der Waals surface area contributed by atoms with Gasteiger partial charge in [0.25, 0.3) is 5.91 Å². The van der Waals surface area contributed by atoms with E-state index in [1.165, 1.54) is 0 Å². The molecule has 3 heterocycles. The van der Waals surface area contributed by atoms with Gasteiger partial charge in [-0.2, -0.15) is 0 Å². The number of nitrogens with zero attached hydrogens (tertiary/aromatic N) is 3. The molecule has 1 unspecified atom stereocenters. The molecule has 0 aliphatic carbocycles. The van der Waals surface area contributed by atoms with Crippen molar-refractivity contribution in [2.45, 2.75) is 44.8 Å². The van der Waals surface area contributed by atoms with Crippen LogP contribution in [-0.4, -0.2) is 56.7 Å². The molecule has 1 fully saturated rings. The highest BCUT2D eigenvalue weighted by Gasteiger charge is 2.48. The molecule has 10 nitrogen and oxygen atoms in total. The SMILES string of the molecule is C[C@H](/C=C/CCn1cc(CCO)nn1)[C@@]1(O)C(=O)Nc2ccc(NC(=O)C3CCCNC3)cc21. The number of benzene rings is 1. The fourth-order valence-electron chi connectivity index (χ4n) is 4.48. The topological polar surface area (TPSA) is 141 Å². The fourth-order valence-corrected chi connectivity index (χ4v) is 4.48. The van der Waals surface area contributed by atoms with Crippen molar-refractivity contribution >= 4 is 23.2 Å². The van der Waals surface area contributed by atoms with Gasteiger partial charge in [-0.3, -0.25) is 14.3 Å². The second kappa shape index (κ2) is 10.5. The Balaban J connectivity index is 1.42. The number of aryl methyl sites for hydroxylation is 1. The Kier molecular flexibility index (Phi) is 7.40. The number of anilines is 2. The summed E-state index contributed by atoms with van der Waals surface area (Å²) in [7, 11) is 0. The zero-order valence-electron chi connectivity index (χ0n) is 19.3. The molecule has 1 aromatic carbocycles. The van der Waals surface area contributed by atoms with Gasteiger partial charge in [0.05, 0.1) is 11.6 Å². The van der Waals surface area contributed by atoms with Crippen LogP contribution < -0.4 is 16.0 Å². The maximum absolute atomic E-state index is 12.8. The molecular formula is C24H32N6O4. The summed E-state index contributed by atoms with van der Waals surface area (Å²) in [5, 5.41) is 37.3. The van der Waals surface area contributed by atoms with Crippen LogP contribution in [-0.2, 0) is 28.2 Å². The van der Waals surface area contributed by atoms with Crippen LogP contribution in [0.3, 0.4) is 0 Å². The Bertz CT molecular complexity index is 1060. The summed E-state index contributed by atoms with van der Waals surface area (Å²) in [5.41, 5.74) is 0.560. The van der Waals surface area contributed by atoms with Crippen molar-refractivity contribution in [3.8, 4) is 0 Å². The molecule has 2 aliphatic heterocycles. The summed E-state index contributed by atoms with van der Waals surface area (Å²) < 4.78 is 1.70. The molecule has 0 bridgehead atoms. The van der Waals surface area contributed by atoms with Gasteiger partial charge in [0.1, 0.15) is 0 Å². The van der Waals surface area contributed by atoms with E-state index < -0.39 is 17.4 Å². The van der Waals surface area contributed by atoms with Crippen LogP contribution in [0.15, 0.2) is 36.5 Å². The van der Waals surface area contributed by atoms with Crippen LogP contribution in [0.4, 0.5) is 11.4 Å². The van der Waals surface area contributed by atoms with E-state index in [2.05, 4.69) is 26.3 Å². The predicted octanol–water partition coefficient (Wildman–Crippen LogP) is 1.17. The average molecular weight is 469 g/mol. The van der Waals surface area contributed by atoms with E-state index in [4.69, 9.17) is 5.11 Å². The number of aliphatic hydroxyl groups is 2. The normalized spacial score (nSPS) is 23.0. The molecule has 2 aromatic rings. The number of aromatic nitrogens is 3. The fraction of sp³-hybridized carbons (Fsp3) is 0.500. The summed E-state index contributed by atoms with van der Waals surface area (Å²) in [6.07, 6.45) is 8.43. The van der Waals surface area contributed by atoms with Gasteiger partial charge in [-0.1, -0.05) is 24.3 Å². The van der Waals surface area contributed by atoms with Crippen molar-refractivity contribution in [1.29, 1.82) is 0 Å². The van der Waals surface area contributed by atoms with E-state index in [1.807, 2.05) is 12.2 Å². The molecule has 34 heavy (non-hydrogen) atoms. The quantitative estimate of drug-likeness (QED) is 0.348. The maximum atomic E-state index is 12.8. The van der Waals surface area contributed by atoms with Crippen molar-refractivity contribution in [3.05, 3.63) is 47.8 Å². The summed E-state index contributed by atoms with van der Waals surface area (Å²) in [5.74, 6) is -1.13. The number of hydrogen-bond acceptors (Lipinski definition) is 7. The lowest BCUT2D eigenvalue weighted by molar-refractivity contribution is -0.137. The summed E-state index contributed by atoms with van der Waals surface area (Å²) >= 11 is 0. The average Bonchev–Trinajstić information content (AvgIpc) is 3.39. The van der Waals surface area contributed by atoms with Gasteiger partial charge in [0.2, 0.25) is 5.91 Å². The van der Waals surface area contributed by atoms with Crippen LogP contribution in [0.25, 0.3) is 0 Å². The van der Waals surface area contributed by atoms with Crippen molar-refractivity contribution < 1.29 is 19.8 Å². The first-order chi connectivity index (χ1) is 16.4. The number of rotatable bonds is 9. The third-order valence-electron chi connectivity index (χ3n) is 6.52. The molecule has 2 amide bonds. The van der Waals surface area contributed by atoms with Gasteiger partial charge >= 0.3 is 0 Å². The van der Waals surface area contributed by atoms with Crippen LogP contribution in [0.2, 0.25) is 0 Å². The lowest BCUT2D eigenvalue weighted by Crippen LogP contribution is -2.40. The molecule has 10 heteroatoms. The minimum Gasteiger partial charge on any atom is -0.396 e. The smallest absolute Gasteiger partial charge is 0.261 e. The first-order valence-electron chi connectivity index (χ1n) is 11.8. The van der Waals surface area contributed by atoms with Crippen LogP contribution in [0, 0.1) is 11.8 Å². The Hall–Kier alpha value is -3.08. The molecule has 0 saturated carbocycles. The van der Waals surface area contributed by atoms with E-state index in [0.717, 1.165) is 25.1 Å². The van der Waals surface area contributed by atoms with Gasteiger partial charge in [-0.05, 0) is 44.0 Å². The molecular weight excluding hydrogens is 436 g/mol. The Morgan fingerprint density at radius 3 is 3.06 bits per heavy atom. The number of hydrogen-bond donors (Lipinski definition) is 5. The predicted molar refractivity (Wildman–Crippen MR) is 127 cm³/mol. The minimum atomic E-state index is -1.74. The second-order valence-corrected chi connectivity index (χ2v) is 8.97. The lowest BCUT2D eigenvalue weighted by Gasteiger charge is -2.26. The van der Waals surface area contributed by atoms with E-state index >= 15 is 0 Å². The monoisotopic (exact) mass is 468 g/mol. The summed E-state index contributed by atoms with van der Waals surface area (Å²) in [6.45, 7) is 3.99. The highest BCUT2D eigenvalue weighted by Crippen LogP contribution is 2.43. The molecule has 3 atom stereocenters. The van der Waals surface area contributed by atoms with Crippen molar-refractivity contribution in [2.75, 3.05) is 30.3 Å². The van der Waals surface area contributed by atoms with Crippen LogP contribution in [0.5, 0.6) is 0 Å². The number of allylic oxidation sites excluding steroid dienone is 1. The number of piperidine rings is 1. The Labute approximate surface area is 198 Å². The van der Waals surface area contributed by atoms with Gasteiger partial charge in [-0.15, -0.1) is 5.10 Å². The molecule has 0 spiro atoms. The van der Waals surface area contributed by atoms with Crippen LogP contribution >= 0.6 is 0 Å². The number of nitrogens with one attached hydrogen (secondary N) is 3. The largest absolute Gasteiger partial charge is 0.396 e. The van der Waals surface area contributed by atoms with Crippen LogP contribution in [0.1, 0.15) is 37.4 Å². The third kappa shape index (κ3) is 5.03. The zero-order valence-corrected chi connectivity index (χ0v) is 19.3. The van der Waals surface area contributed by atoms with E-state index in [1.54, 1.807) is 36.0 Å². The number of aliphatic hydroxyl groups excluding tert-OH is 1. The van der Waals surface area contributed by atoms with Gasteiger partial charge < -0.3 is 26.2 Å². The molecule has 0 radical (unpaired) electrons. The zero-order chi connectivity index (χ0) is 24.1. The van der Waals surface area contributed by atoms with Crippen molar-refractivity contribution in [3.63, 3.8) is 0 Å². The molecule has 2 aliphatic rings. The number of carbonyl (C=O) groups excluding carboxylic acids is 2. The van der Waals surface area contributed by atoms with Crippen molar-refractivity contribution in [1.82, 2.24) is 20.3 Å². The Morgan fingerprint density at radius 2 is 2.29 bits per heavy atom. The van der Waals surface area contributed by atoms with E-state index in [9.17, 15) is 14.7 Å². The third-order valence-corrected chi connectivity index (χ3v) is 6.52. The lowest BCUT2D eigenvalue weighted by atomic mass is 9.82. The first-order valence-corrected chi connectivity index (χ1v) is 11.8. The van der Waals surface area contributed by atoms with E-state index in [-0.39, 0.29) is 18.4 Å². The van der Waals surface area contributed by atoms with E-state index in [0.29, 0.717) is 42.9 Å². The first kappa shape index (κ1) is 24.1. The molecule has 5 N–H and O–H groups in total. The standard InChI is InChI=1S/C24H32N6O4/c1-16(5-2-3-11-30-15-19(9-12-31)28-29-30)24(34)20-13-18(7-8-21(20)27-23(24)33)26-22(32)17-6-4-10-25-14-17/h2,5,7-8,13,15-17,25,31,34H,3-4,6,9-12,14H2,1H3,(H,26,32)(H,27,33)/b5-2+/t16-,17?,24+/m1/s1. The number of carbonyl (C=O) groups is 2. The Morgan fingerprint density at radius 1 is 1.44 bits per heavy atom. The minimum absolute atomic E-state index is 0.0292. The molecule has 182 valence electrons. The van der Waals surface area contributed by atoms with Gasteiger partial charge in [0, 0.05) is 55.2 Å². The van der Waals surface area contributed by atoms with Gasteiger partial charge in [0.15, 0.2) is 5.60 Å². The summed E-state index contributed by atoms with van der Waals surface area (Å²) in [4.78, 5) is 25.4.